The maximum atomic E-state index is 6.14. The summed E-state index contributed by atoms with van der Waals surface area (Å²) in [6.07, 6.45) is 3.69. The van der Waals surface area contributed by atoms with Crippen molar-refractivity contribution in [2.45, 2.75) is 38.3 Å². The minimum Gasteiger partial charge on any atom is -0.369 e. The third-order valence-electron chi connectivity index (χ3n) is 4.30. The number of nitrogens with zero attached hydrogens (tertiary/aromatic N) is 2. The minimum atomic E-state index is 0.167. The van der Waals surface area contributed by atoms with E-state index in [-0.39, 0.29) is 6.04 Å². The van der Waals surface area contributed by atoms with Crippen molar-refractivity contribution < 1.29 is 0 Å². The molecule has 110 valence electrons. The molecule has 0 spiro atoms. The number of anilines is 1. The summed E-state index contributed by atoms with van der Waals surface area (Å²) in [5.41, 5.74) is 8.58. The molecule has 0 bridgehead atoms. The highest BCUT2D eigenvalue weighted by atomic mass is 35.5. The summed E-state index contributed by atoms with van der Waals surface area (Å²) in [7, 11) is 0. The quantitative estimate of drug-likeness (QED) is 0.926. The fourth-order valence-corrected chi connectivity index (χ4v) is 3.34. The molecule has 2 aliphatic rings. The van der Waals surface area contributed by atoms with Crippen LogP contribution in [0.4, 0.5) is 5.69 Å². The van der Waals surface area contributed by atoms with E-state index in [1.165, 1.54) is 37.2 Å². The monoisotopic (exact) mass is 293 g/mol. The van der Waals surface area contributed by atoms with E-state index >= 15 is 0 Å². The van der Waals surface area contributed by atoms with Gasteiger partial charge < -0.3 is 10.6 Å². The van der Waals surface area contributed by atoms with Gasteiger partial charge in [-0.3, -0.25) is 4.90 Å². The Morgan fingerprint density at radius 1 is 1.25 bits per heavy atom. The van der Waals surface area contributed by atoms with Crippen molar-refractivity contribution in [3.05, 3.63) is 28.8 Å². The zero-order valence-corrected chi connectivity index (χ0v) is 12.9. The number of hydrogen-bond acceptors (Lipinski definition) is 3. The number of benzene rings is 1. The second-order valence-corrected chi connectivity index (χ2v) is 6.65. The zero-order chi connectivity index (χ0) is 14.1. The van der Waals surface area contributed by atoms with E-state index < -0.39 is 0 Å². The maximum absolute atomic E-state index is 6.14. The van der Waals surface area contributed by atoms with Crippen molar-refractivity contribution in [3.63, 3.8) is 0 Å². The Morgan fingerprint density at radius 3 is 2.55 bits per heavy atom. The lowest BCUT2D eigenvalue weighted by atomic mass is 10.0. The third kappa shape index (κ3) is 3.27. The van der Waals surface area contributed by atoms with Gasteiger partial charge in [0.1, 0.15) is 0 Å². The molecular weight excluding hydrogens is 270 g/mol. The average Bonchev–Trinajstić information content (AvgIpc) is 3.23. The predicted molar refractivity (Wildman–Crippen MR) is 85.6 cm³/mol. The molecule has 0 radical (unpaired) electrons. The van der Waals surface area contributed by atoms with Gasteiger partial charge in [0.25, 0.3) is 0 Å². The number of halogens is 1. The summed E-state index contributed by atoms with van der Waals surface area (Å²) in [5, 5.41) is 0.806. The Labute approximate surface area is 126 Å². The van der Waals surface area contributed by atoms with Crippen LogP contribution < -0.4 is 10.6 Å². The fraction of sp³-hybridized carbons (Fsp3) is 0.625. The van der Waals surface area contributed by atoms with Gasteiger partial charge in [0.2, 0.25) is 0 Å². The van der Waals surface area contributed by atoms with Gasteiger partial charge in [-0.05, 0) is 49.9 Å². The van der Waals surface area contributed by atoms with Crippen LogP contribution >= 0.6 is 11.6 Å². The van der Waals surface area contributed by atoms with Crippen LogP contribution in [-0.4, -0.2) is 43.2 Å². The molecule has 2 fully saturated rings. The standard InChI is InChI=1S/C16H24ClN3/c1-12(18)10-13-11-14(17)2-5-16(13)20-8-6-19(7-9-20)15-3-4-15/h2,5,11-12,15H,3-4,6-10,18H2,1H3. The van der Waals surface area contributed by atoms with Gasteiger partial charge in [0, 0.05) is 49.0 Å². The van der Waals surface area contributed by atoms with Crippen LogP contribution in [0.3, 0.4) is 0 Å². The van der Waals surface area contributed by atoms with Crippen LogP contribution in [0.15, 0.2) is 18.2 Å². The molecule has 1 aliphatic carbocycles. The zero-order valence-electron chi connectivity index (χ0n) is 12.2. The second-order valence-electron chi connectivity index (χ2n) is 6.21. The summed E-state index contributed by atoms with van der Waals surface area (Å²) in [6, 6.07) is 7.28. The Kier molecular flexibility index (Phi) is 4.20. The van der Waals surface area contributed by atoms with E-state index in [4.69, 9.17) is 17.3 Å². The summed E-state index contributed by atoms with van der Waals surface area (Å²) < 4.78 is 0. The van der Waals surface area contributed by atoms with E-state index in [1.54, 1.807) is 0 Å². The van der Waals surface area contributed by atoms with Crippen LogP contribution in [0, 0.1) is 0 Å². The van der Waals surface area contributed by atoms with Gasteiger partial charge in [-0.25, -0.2) is 0 Å². The van der Waals surface area contributed by atoms with Crippen molar-refractivity contribution in [3.8, 4) is 0 Å². The van der Waals surface area contributed by atoms with Crippen molar-refractivity contribution in [1.82, 2.24) is 4.90 Å². The molecule has 1 unspecified atom stereocenters. The molecule has 1 saturated heterocycles. The fourth-order valence-electron chi connectivity index (χ4n) is 3.14. The van der Waals surface area contributed by atoms with Crippen LogP contribution in [-0.2, 0) is 6.42 Å². The first-order chi connectivity index (χ1) is 9.63. The van der Waals surface area contributed by atoms with Gasteiger partial charge in [-0.2, -0.15) is 0 Å². The highest BCUT2D eigenvalue weighted by molar-refractivity contribution is 6.30. The van der Waals surface area contributed by atoms with Crippen LogP contribution in [0.2, 0.25) is 5.02 Å². The highest BCUT2D eigenvalue weighted by Gasteiger charge is 2.31. The van der Waals surface area contributed by atoms with Gasteiger partial charge in [0.15, 0.2) is 0 Å². The minimum absolute atomic E-state index is 0.167. The molecule has 3 nitrogen and oxygen atoms in total. The first-order valence-corrected chi connectivity index (χ1v) is 8.04. The molecule has 3 rings (SSSR count). The third-order valence-corrected chi connectivity index (χ3v) is 4.54. The molecule has 2 N–H and O–H groups in total. The lowest BCUT2D eigenvalue weighted by Gasteiger charge is -2.37. The molecule has 4 heteroatoms. The molecule has 1 aromatic rings. The summed E-state index contributed by atoms with van der Waals surface area (Å²) in [4.78, 5) is 5.13. The Balaban J connectivity index is 1.72. The molecule has 1 aromatic carbocycles. The van der Waals surface area contributed by atoms with Gasteiger partial charge in [-0.15, -0.1) is 0 Å². The Hall–Kier alpha value is -0.770. The van der Waals surface area contributed by atoms with Gasteiger partial charge in [0.05, 0.1) is 0 Å². The lowest BCUT2D eigenvalue weighted by Crippen LogP contribution is -2.47. The van der Waals surface area contributed by atoms with Gasteiger partial charge >= 0.3 is 0 Å². The molecular formula is C16H24ClN3. The summed E-state index contributed by atoms with van der Waals surface area (Å²) >= 11 is 6.14. The molecule has 1 heterocycles. The van der Waals surface area contributed by atoms with Crippen LogP contribution in [0.1, 0.15) is 25.3 Å². The molecule has 1 atom stereocenters. The van der Waals surface area contributed by atoms with Crippen molar-refractivity contribution in [2.75, 3.05) is 31.1 Å². The Bertz CT molecular complexity index is 463. The number of piperazine rings is 1. The van der Waals surface area contributed by atoms with E-state index in [0.717, 1.165) is 30.6 Å². The molecule has 1 aliphatic heterocycles. The normalized spacial score (nSPS) is 22.1. The van der Waals surface area contributed by atoms with E-state index in [9.17, 15) is 0 Å². The molecule has 0 amide bonds. The SMILES string of the molecule is CC(N)Cc1cc(Cl)ccc1N1CCN(C2CC2)CC1. The average molecular weight is 294 g/mol. The lowest BCUT2D eigenvalue weighted by molar-refractivity contribution is 0.248. The van der Waals surface area contributed by atoms with E-state index in [2.05, 4.69) is 28.9 Å². The number of nitrogens with two attached hydrogens (primary N) is 1. The van der Waals surface area contributed by atoms with Crippen LogP contribution in [0.25, 0.3) is 0 Å². The largest absolute Gasteiger partial charge is 0.369 e. The van der Waals surface area contributed by atoms with E-state index in [0.29, 0.717) is 0 Å². The maximum Gasteiger partial charge on any atom is 0.0410 e. The van der Waals surface area contributed by atoms with Crippen molar-refractivity contribution >= 4 is 17.3 Å². The second kappa shape index (κ2) is 5.92. The molecule has 1 saturated carbocycles. The van der Waals surface area contributed by atoms with E-state index in [1.807, 2.05) is 6.07 Å². The van der Waals surface area contributed by atoms with Crippen molar-refractivity contribution in [1.29, 1.82) is 0 Å². The first-order valence-electron chi connectivity index (χ1n) is 7.66. The highest BCUT2D eigenvalue weighted by Crippen LogP contribution is 2.30. The molecule has 20 heavy (non-hydrogen) atoms. The summed E-state index contributed by atoms with van der Waals surface area (Å²) in [5.74, 6) is 0. The topological polar surface area (TPSA) is 32.5 Å². The number of rotatable bonds is 4. The van der Waals surface area contributed by atoms with Crippen molar-refractivity contribution in [2.24, 2.45) is 5.73 Å². The number of hydrogen-bond donors (Lipinski definition) is 1. The summed E-state index contributed by atoms with van der Waals surface area (Å²) in [6.45, 7) is 6.65. The smallest absolute Gasteiger partial charge is 0.0410 e. The first kappa shape index (κ1) is 14.2. The van der Waals surface area contributed by atoms with Crippen LogP contribution in [0.5, 0.6) is 0 Å². The molecule has 0 aromatic heterocycles. The Morgan fingerprint density at radius 2 is 1.95 bits per heavy atom. The van der Waals surface area contributed by atoms with Gasteiger partial charge in [-0.1, -0.05) is 11.6 Å². The predicted octanol–water partition coefficient (Wildman–Crippen LogP) is 2.51.